The van der Waals surface area contributed by atoms with Crippen LogP contribution in [-0.4, -0.2) is 27.2 Å². The van der Waals surface area contributed by atoms with E-state index < -0.39 is 8.32 Å². The van der Waals surface area contributed by atoms with Gasteiger partial charge in [-0.05, 0) is 54.4 Å². The predicted molar refractivity (Wildman–Crippen MR) is 117 cm³/mol. The van der Waals surface area contributed by atoms with Crippen molar-refractivity contribution in [3.05, 3.63) is 53.6 Å². The monoisotopic (exact) mass is 411 g/mol. The fourth-order valence-electron chi connectivity index (χ4n) is 3.10. The van der Waals surface area contributed by atoms with Gasteiger partial charge in [-0.1, -0.05) is 39.0 Å². The van der Waals surface area contributed by atoms with Crippen molar-refractivity contribution in [2.75, 3.05) is 12.0 Å². The normalized spacial score (nSPS) is 14.4. The van der Waals surface area contributed by atoms with E-state index >= 15 is 0 Å². The fourth-order valence-corrected chi connectivity index (χ4v) is 4.11. The molecule has 1 aliphatic heterocycles. The highest BCUT2D eigenvalue weighted by Crippen LogP contribution is 2.40. The summed E-state index contributed by atoms with van der Waals surface area (Å²) < 4.78 is 11.9. The van der Waals surface area contributed by atoms with Gasteiger partial charge in [-0.25, -0.2) is 4.90 Å². The van der Waals surface area contributed by atoms with Gasteiger partial charge in [0.05, 0.1) is 12.8 Å². The Morgan fingerprint density at radius 1 is 1.03 bits per heavy atom. The number of anilines is 1. The molecular weight excluding hydrogens is 382 g/mol. The molecule has 0 fully saturated rings. The third-order valence-corrected chi connectivity index (χ3v) is 10.2. The number of hydrogen-bond acceptors (Lipinski definition) is 4. The fraction of sp³-hybridized carbons (Fsp3) is 0.391. The van der Waals surface area contributed by atoms with Crippen LogP contribution in [0.25, 0.3) is 0 Å². The molecule has 1 aliphatic rings. The number of methoxy groups -OCH3 is 1. The summed E-state index contributed by atoms with van der Waals surface area (Å²) >= 11 is 0. The van der Waals surface area contributed by atoms with Crippen LogP contribution in [0.1, 0.15) is 43.1 Å². The first kappa shape index (κ1) is 21.1. The lowest BCUT2D eigenvalue weighted by molar-refractivity contribution is -0.118. The lowest BCUT2D eigenvalue weighted by Gasteiger charge is -2.37. The van der Waals surface area contributed by atoms with Gasteiger partial charge in [-0.2, -0.15) is 0 Å². The molecule has 0 aliphatic carbocycles. The molecule has 2 aromatic rings. The zero-order valence-electron chi connectivity index (χ0n) is 18.0. The number of benzene rings is 2. The van der Waals surface area contributed by atoms with E-state index in [0.717, 1.165) is 5.56 Å². The Kier molecular flexibility index (Phi) is 5.58. The molecular formula is C23H29NO4Si. The SMILES string of the molecule is COc1ccc(C(=O)N2C(=O)CCc3ccccc32)cc1O[Si](C)(C)C(C)(C)C. The maximum absolute atomic E-state index is 13.3. The van der Waals surface area contributed by atoms with Crippen LogP contribution in [-0.2, 0) is 11.2 Å². The van der Waals surface area contributed by atoms with Gasteiger partial charge < -0.3 is 9.16 Å². The van der Waals surface area contributed by atoms with E-state index in [-0.39, 0.29) is 16.9 Å². The quantitative estimate of drug-likeness (QED) is 0.513. The molecule has 1 heterocycles. The Labute approximate surface area is 173 Å². The van der Waals surface area contributed by atoms with Gasteiger partial charge in [-0.15, -0.1) is 0 Å². The molecule has 3 rings (SSSR count). The molecule has 0 spiro atoms. The van der Waals surface area contributed by atoms with E-state index in [1.54, 1.807) is 25.3 Å². The molecule has 2 aromatic carbocycles. The van der Waals surface area contributed by atoms with Crippen LogP contribution in [0.3, 0.4) is 0 Å². The van der Waals surface area contributed by atoms with Gasteiger partial charge in [0.15, 0.2) is 5.75 Å². The lowest BCUT2D eigenvalue weighted by atomic mass is 10.00. The molecule has 0 N–H and O–H groups in total. The number of carbonyl (C=O) groups excluding carboxylic acids is 2. The van der Waals surface area contributed by atoms with Crippen molar-refractivity contribution in [1.29, 1.82) is 0 Å². The van der Waals surface area contributed by atoms with Crippen LogP contribution in [0.4, 0.5) is 5.69 Å². The molecule has 0 atom stereocenters. The third kappa shape index (κ3) is 4.08. The van der Waals surface area contributed by atoms with Crippen molar-refractivity contribution in [1.82, 2.24) is 0 Å². The summed E-state index contributed by atoms with van der Waals surface area (Å²) in [6, 6.07) is 12.7. The highest BCUT2D eigenvalue weighted by atomic mass is 28.4. The van der Waals surface area contributed by atoms with Gasteiger partial charge in [0, 0.05) is 12.0 Å². The van der Waals surface area contributed by atoms with E-state index in [1.165, 1.54) is 4.90 Å². The number of fused-ring (bicyclic) bond motifs is 1. The molecule has 6 heteroatoms. The number of rotatable bonds is 4. The highest BCUT2D eigenvalue weighted by Gasteiger charge is 2.40. The summed E-state index contributed by atoms with van der Waals surface area (Å²) in [5.41, 5.74) is 2.08. The summed E-state index contributed by atoms with van der Waals surface area (Å²) in [6.45, 7) is 10.8. The summed E-state index contributed by atoms with van der Waals surface area (Å²) in [5.74, 6) is 0.598. The minimum absolute atomic E-state index is 0.000198. The molecule has 0 radical (unpaired) electrons. The second-order valence-corrected chi connectivity index (χ2v) is 13.6. The van der Waals surface area contributed by atoms with Gasteiger partial charge >= 0.3 is 0 Å². The van der Waals surface area contributed by atoms with E-state index in [1.807, 2.05) is 24.3 Å². The number of para-hydroxylation sites is 1. The van der Waals surface area contributed by atoms with E-state index in [0.29, 0.717) is 35.6 Å². The topological polar surface area (TPSA) is 55.8 Å². The molecule has 2 amide bonds. The number of amides is 2. The minimum Gasteiger partial charge on any atom is -0.541 e. The van der Waals surface area contributed by atoms with Crippen LogP contribution >= 0.6 is 0 Å². The first-order valence-corrected chi connectivity index (χ1v) is 12.8. The number of carbonyl (C=O) groups is 2. The summed E-state index contributed by atoms with van der Waals surface area (Å²) in [5, 5.41) is -0.000198. The molecule has 154 valence electrons. The Morgan fingerprint density at radius 3 is 2.38 bits per heavy atom. The van der Waals surface area contributed by atoms with Crippen molar-refractivity contribution in [3.8, 4) is 11.5 Å². The maximum Gasteiger partial charge on any atom is 0.265 e. The lowest BCUT2D eigenvalue weighted by Crippen LogP contribution is -2.44. The molecule has 29 heavy (non-hydrogen) atoms. The molecule has 0 bridgehead atoms. The summed E-state index contributed by atoms with van der Waals surface area (Å²) in [4.78, 5) is 27.2. The van der Waals surface area contributed by atoms with Crippen molar-refractivity contribution in [2.24, 2.45) is 0 Å². The summed E-state index contributed by atoms with van der Waals surface area (Å²) in [7, 11) is -0.551. The first-order valence-electron chi connectivity index (χ1n) is 9.87. The largest absolute Gasteiger partial charge is 0.541 e. The molecule has 0 saturated carbocycles. The predicted octanol–water partition coefficient (Wildman–Crippen LogP) is 5.20. The van der Waals surface area contributed by atoms with Gasteiger partial charge in [-0.3, -0.25) is 9.59 Å². The second-order valence-electron chi connectivity index (χ2n) is 8.89. The number of ether oxygens (including phenoxy) is 1. The van der Waals surface area contributed by atoms with Crippen LogP contribution in [0.2, 0.25) is 18.1 Å². The minimum atomic E-state index is -2.13. The molecule has 0 aromatic heterocycles. The van der Waals surface area contributed by atoms with Crippen molar-refractivity contribution >= 4 is 25.8 Å². The Bertz CT molecular complexity index is 946. The van der Waals surface area contributed by atoms with E-state index in [2.05, 4.69) is 33.9 Å². The molecule has 0 unspecified atom stereocenters. The van der Waals surface area contributed by atoms with Crippen LogP contribution in [0, 0.1) is 0 Å². The molecule has 0 saturated heterocycles. The van der Waals surface area contributed by atoms with Crippen LogP contribution in [0.15, 0.2) is 42.5 Å². The Hall–Kier alpha value is -2.60. The third-order valence-electron chi connectivity index (χ3n) is 5.88. The maximum atomic E-state index is 13.3. The molecule has 5 nitrogen and oxygen atoms in total. The standard InChI is InChI=1S/C23H29NO4Si/c1-23(2,3)29(5,6)28-20-15-17(11-13-19(20)27-4)22(26)24-18-10-8-7-9-16(18)12-14-21(24)25/h7-11,13,15H,12,14H2,1-6H3. The number of imide groups is 1. The Morgan fingerprint density at radius 2 is 1.72 bits per heavy atom. The van der Waals surface area contributed by atoms with Gasteiger partial charge in [0.2, 0.25) is 5.91 Å². The zero-order chi connectivity index (χ0) is 21.4. The first-order chi connectivity index (χ1) is 13.5. The van der Waals surface area contributed by atoms with Crippen LogP contribution < -0.4 is 14.1 Å². The number of aryl methyl sites for hydroxylation is 1. The zero-order valence-corrected chi connectivity index (χ0v) is 19.0. The van der Waals surface area contributed by atoms with Gasteiger partial charge in [0.25, 0.3) is 14.2 Å². The van der Waals surface area contributed by atoms with Crippen molar-refractivity contribution in [2.45, 2.75) is 51.7 Å². The van der Waals surface area contributed by atoms with E-state index in [4.69, 9.17) is 9.16 Å². The van der Waals surface area contributed by atoms with Crippen LogP contribution in [0.5, 0.6) is 11.5 Å². The number of hydrogen-bond donors (Lipinski definition) is 0. The average molecular weight is 412 g/mol. The second kappa shape index (κ2) is 7.67. The van der Waals surface area contributed by atoms with Gasteiger partial charge in [0.1, 0.15) is 5.75 Å². The van der Waals surface area contributed by atoms with Crippen molar-refractivity contribution in [3.63, 3.8) is 0 Å². The summed E-state index contributed by atoms with van der Waals surface area (Å²) in [6.07, 6.45) is 0.980. The number of nitrogens with zero attached hydrogens (tertiary/aromatic N) is 1. The van der Waals surface area contributed by atoms with Crippen molar-refractivity contribution < 1.29 is 18.8 Å². The smallest absolute Gasteiger partial charge is 0.265 e. The Balaban J connectivity index is 2.00. The highest BCUT2D eigenvalue weighted by molar-refractivity contribution is 6.74. The van der Waals surface area contributed by atoms with E-state index in [9.17, 15) is 9.59 Å². The average Bonchev–Trinajstić information content (AvgIpc) is 2.66.